The molecule has 3 aromatic carbocycles. The van der Waals surface area contributed by atoms with Crippen LogP contribution in [0.25, 0.3) is 0 Å². The summed E-state index contributed by atoms with van der Waals surface area (Å²) in [7, 11) is 3.06. The normalized spacial score (nSPS) is 14.9. The van der Waals surface area contributed by atoms with Crippen LogP contribution in [0.2, 0.25) is 0 Å². The van der Waals surface area contributed by atoms with E-state index in [2.05, 4.69) is 5.32 Å². The van der Waals surface area contributed by atoms with Crippen LogP contribution in [0, 0.1) is 0 Å². The van der Waals surface area contributed by atoms with Crippen LogP contribution in [0.4, 0.5) is 5.69 Å². The summed E-state index contributed by atoms with van der Waals surface area (Å²) in [6.07, 6.45) is -0.627. The molecule has 0 aliphatic carbocycles. The molecule has 1 atom stereocenters. The van der Waals surface area contributed by atoms with Gasteiger partial charge in [0.05, 0.1) is 20.8 Å². The Kier molecular flexibility index (Phi) is 7.40. The third-order valence-corrected chi connectivity index (χ3v) is 5.63. The van der Waals surface area contributed by atoms with Gasteiger partial charge in [-0.25, -0.2) is 0 Å². The van der Waals surface area contributed by atoms with Gasteiger partial charge in [0.2, 0.25) is 0 Å². The number of carbonyl (C=O) groups excluding carboxylic acids is 2. The molecule has 0 saturated heterocycles. The van der Waals surface area contributed by atoms with Crippen molar-refractivity contribution in [1.29, 1.82) is 0 Å². The Morgan fingerprint density at radius 1 is 1.00 bits per heavy atom. The number of benzene rings is 3. The summed E-state index contributed by atoms with van der Waals surface area (Å²) in [6.45, 7) is 2.83. The van der Waals surface area contributed by atoms with E-state index >= 15 is 0 Å². The molecule has 0 bridgehead atoms. The van der Waals surface area contributed by atoms with E-state index in [9.17, 15) is 9.59 Å². The molecule has 3 aromatic rings. The van der Waals surface area contributed by atoms with E-state index in [0.717, 1.165) is 11.3 Å². The Bertz CT molecular complexity index is 1180. The number of amides is 2. The molecule has 1 aliphatic heterocycles. The molecule has 35 heavy (non-hydrogen) atoms. The molecule has 1 heterocycles. The first-order valence-electron chi connectivity index (χ1n) is 11.3. The lowest BCUT2D eigenvalue weighted by Gasteiger charge is -2.22. The predicted octanol–water partition coefficient (Wildman–Crippen LogP) is 4.14. The Hall–Kier alpha value is -4.20. The third-order valence-electron chi connectivity index (χ3n) is 5.63. The standard InChI is InChI=1S/C27H28N2O6/c1-18-27(31)29(11-12-34-22-7-5-4-6-8-22)17-20-13-21(9-10-25(20)35-18)28-26(30)19-14-23(32-2)16-24(15-19)33-3/h4-10,13-16,18H,11-12,17H2,1-3H3,(H,28,30)/t18-/m1/s1. The number of ether oxygens (including phenoxy) is 4. The van der Waals surface area contributed by atoms with Crippen LogP contribution in [-0.4, -0.2) is 50.2 Å². The number of fused-ring (bicyclic) bond motifs is 1. The molecular formula is C27H28N2O6. The Balaban J connectivity index is 1.48. The SMILES string of the molecule is COc1cc(OC)cc(C(=O)Nc2ccc3c(c2)CN(CCOc2ccccc2)C(=O)[C@@H](C)O3)c1. The Morgan fingerprint density at radius 3 is 2.40 bits per heavy atom. The highest BCUT2D eigenvalue weighted by Crippen LogP contribution is 2.29. The van der Waals surface area contributed by atoms with Gasteiger partial charge in [-0.1, -0.05) is 18.2 Å². The molecule has 4 rings (SSSR count). The molecule has 182 valence electrons. The molecule has 0 fully saturated rings. The van der Waals surface area contributed by atoms with Gasteiger partial charge in [0.25, 0.3) is 11.8 Å². The monoisotopic (exact) mass is 476 g/mol. The molecular weight excluding hydrogens is 448 g/mol. The van der Waals surface area contributed by atoms with Crippen molar-refractivity contribution in [2.75, 3.05) is 32.7 Å². The molecule has 0 saturated carbocycles. The lowest BCUT2D eigenvalue weighted by molar-refractivity contribution is -0.138. The second-order valence-electron chi connectivity index (χ2n) is 8.06. The summed E-state index contributed by atoms with van der Waals surface area (Å²) in [4.78, 5) is 27.5. The maximum atomic E-state index is 12.9. The maximum Gasteiger partial charge on any atom is 0.263 e. The van der Waals surface area contributed by atoms with E-state index in [4.69, 9.17) is 18.9 Å². The molecule has 2 amide bonds. The average molecular weight is 477 g/mol. The average Bonchev–Trinajstić information content (AvgIpc) is 3.00. The highest BCUT2D eigenvalue weighted by atomic mass is 16.5. The van der Waals surface area contributed by atoms with E-state index in [1.807, 2.05) is 36.4 Å². The van der Waals surface area contributed by atoms with E-state index in [0.29, 0.717) is 48.2 Å². The number of hydrogen-bond donors (Lipinski definition) is 1. The van der Waals surface area contributed by atoms with Gasteiger partial charge in [-0.15, -0.1) is 0 Å². The van der Waals surface area contributed by atoms with E-state index in [1.54, 1.807) is 42.2 Å². The minimum atomic E-state index is -0.627. The number of para-hydroxylation sites is 1. The number of carbonyl (C=O) groups is 2. The molecule has 1 aliphatic rings. The molecule has 0 aromatic heterocycles. The van der Waals surface area contributed by atoms with Gasteiger partial charge in [-0.3, -0.25) is 9.59 Å². The van der Waals surface area contributed by atoms with E-state index in [1.165, 1.54) is 14.2 Å². The van der Waals surface area contributed by atoms with Crippen molar-refractivity contribution in [3.05, 3.63) is 77.9 Å². The van der Waals surface area contributed by atoms with Crippen LogP contribution in [0.3, 0.4) is 0 Å². The molecule has 8 nitrogen and oxygen atoms in total. The van der Waals surface area contributed by atoms with Crippen LogP contribution >= 0.6 is 0 Å². The number of rotatable bonds is 8. The number of methoxy groups -OCH3 is 2. The smallest absolute Gasteiger partial charge is 0.263 e. The van der Waals surface area contributed by atoms with Crippen molar-refractivity contribution in [3.63, 3.8) is 0 Å². The minimum Gasteiger partial charge on any atom is -0.497 e. The molecule has 8 heteroatoms. The van der Waals surface area contributed by atoms with E-state index in [-0.39, 0.29) is 11.8 Å². The summed E-state index contributed by atoms with van der Waals surface area (Å²) >= 11 is 0. The lowest BCUT2D eigenvalue weighted by atomic mass is 10.1. The van der Waals surface area contributed by atoms with Crippen LogP contribution < -0.4 is 24.3 Å². The highest BCUT2D eigenvalue weighted by molar-refractivity contribution is 6.05. The lowest BCUT2D eigenvalue weighted by Crippen LogP contribution is -2.40. The quantitative estimate of drug-likeness (QED) is 0.526. The highest BCUT2D eigenvalue weighted by Gasteiger charge is 2.28. The van der Waals surface area contributed by atoms with Crippen molar-refractivity contribution in [2.24, 2.45) is 0 Å². The predicted molar refractivity (Wildman–Crippen MR) is 131 cm³/mol. The van der Waals surface area contributed by atoms with Crippen molar-refractivity contribution in [1.82, 2.24) is 4.90 Å². The van der Waals surface area contributed by atoms with Crippen LogP contribution in [-0.2, 0) is 11.3 Å². The summed E-state index contributed by atoms with van der Waals surface area (Å²) in [6, 6.07) is 19.8. The topological polar surface area (TPSA) is 86.3 Å². The largest absolute Gasteiger partial charge is 0.497 e. The van der Waals surface area contributed by atoms with Crippen molar-refractivity contribution >= 4 is 17.5 Å². The van der Waals surface area contributed by atoms with Crippen LogP contribution in [0.1, 0.15) is 22.8 Å². The van der Waals surface area contributed by atoms with Gasteiger partial charge >= 0.3 is 0 Å². The fourth-order valence-electron chi connectivity index (χ4n) is 3.80. The molecule has 0 spiro atoms. The molecule has 0 radical (unpaired) electrons. The minimum absolute atomic E-state index is 0.119. The maximum absolute atomic E-state index is 12.9. The summed E-state index contributed by atoms with van der Waals surface area (Å²) < 4.78 is 22.2. The van der Waals surface area contributed by atoms with E-state index < -0.39 is 6.10 Å². The van der Waals surface area contributed by atoms with Crippen molar-refractivity contribution in [2.45, 2.75) is 19.6 Å². The molecule has 0 unspecified atom stereocenters. The van der Waals surface area contributed by atoms with Crippen molar-refractivity contribution < 1.29 is 28.5 Å². The molecule has 1 N–H and O–H groups in total. The third kappa shape index (κ3) is 5.84. The van der Waals surface area contributed by atoms with Gasteiger partial charge in [-0.05, 0) is 49.4 Å². The first-order chi connectivity index (χ1) is 17.0. The second kappa shape index (κ2) is 10.8. The Labute approximate surface area is 204 Å². The zero-order valence-corrected chi connectivity index (χ0v) is 19.9. The first-order valence-corrected chi connectivity index (χ1v) is 11.3. The number of anilines is 1. The van der Waals surface area contributed by atoms with Crippen LogP contribution in [0.5, 0.6) is 23.0 Å². The summed E-state index contributed by atoms with van der Waals surface area (Å²) in [5.74, 6) is 1.97. The van der Waals surface area contributed by atoms with Crippen molar-refractivity contribution in [3.8, 4) is 23.0 Å². The zero-order chi connectivity index (χ0) is 24.8. The van der Waals surface area contributed by atoms with Gasteiger partial charge < -0.3 is 29.2 Å². The zero-order valence-electron chi connectivity index (χ0n) is 19.9. The fraction of sp³-hybridized carbons (Fsp3) is 0.259. The van der Waals surface area contributed by atoms with Gasteiger partial charge in [0.15, 0.2) is 6.10 Å². The van der Waals surface area contributed by atoms with Gasteiger partial charge in [0.1, 0.15) is 29.6 Å². The number of hydrogen-bond acceptors (Lipinski definition) is 6. The summed E-state index contributed by atoms with van der Waals surface area (Å²) in [5.41, 5.74) is 1.78. The second-order valence-corrected chi connectivity index (χ2v) is 8.06. The Morgan fingerprint density at radius 2 is 1.71 bits per heavy atom. The first kappa shape index (κ1) is 23.9. The number of nitrogens with zero attached hydrogens (tertiary/aromatic N) is 1. The van der Waals surface area contributed by atoms with Crippen LogP contribution in [0.15, 0.2) is 66.7 Å². The fourth-order valence-corrected chi connectivity index (χ4v) is 3.80. The number of nitrogens with one attached hydrogen (secondary N) is 1. The summed E-state index contributed by atoms with van der Waals surface area (Å²) in [5, 5.41) is 2.90. The van der Waals surface area contributed by atoms with Gasteiger partial charge in [0, 0.05) is 29.4 Å². The van der Waals surface area contributed by atoms with Gasteiger partial charge in [-0.2, -0.15) is 0 Å².